The van der Waals surface area contributed by atoms with E-state index in [2.05, 4.69) is 16.0 Å². The Balaban J connectivity index is 1.41. The van der Waals surface area contributed by atoms with Crippen molar-refractivity contribution in [3.63, 3.8) is 0 Å². The average Bonchev–Trinajstić information content (AvgIpc) is 3.16. The third kappa shape index (κ3) is 3.51. The molecule has 6 nitrogen and oxygen atoms in total. The molecule has 1 amide bonds. The van der Waals surface area contributed by atoms with Gasteiger partial charge in [-0.05, 0) is 29.3 Å². The number of ether oxygens (including phenoxy) is 2. The fraction of sp³-hybridized carbons (Fsp3) is 0.400. The van der Waals surface area contributed by atoms with E-state index in [4.69, 9.17) is 9.47 Å². The Bertz CT molecular complexity index is 785. The number of hydrogen-bond acceptors (Lipinski definition) is 5. The molecular weight excluding hydrogens is 330 g/mol. The molecule has 0 unspecified atom stereocenters. The highest BCUT2D eigenvalue weighted by Crippen LogP contribution is 2.26. The lowest BCUT2D eigenvalue weighted by Crippen LogP contribution is -2.36. The number of nitrogens with zero attached hydrogens (tertiary/aromatic N) is 3. The summed E-state index contributed by atoms with van der Waals surface area (Å²) >= 11 is 0. The van der Waals surface area contributed by atoms with E-state index in [-0.39, 0.29) is 5.91 Å². The highest BCUT2D eigenvalue weighted by atomic mass is 16.5. The average molecular weight is 353 g/mol. The smallest absolute Gasteiger partial charge is 0.231 e. The Morgan fingerprint density at radius 2 is 2.04 bits per heavy atom. The summed E-state index contributed by atoms with van der Waals surface area (Å²) in [5.41, 5.74) is 3.01. The van der Waals surface area contributed by atoms with Gasteiger partial charge in [0.05, 0.1) is 38.1 Å². The van der Waals surface area contributed by atoms with Gasteiger partial charge in [0.1, 0.15) is 11.6 Å². The summed E-state index contributed by atoms with van der Waals surface area (Å²) in [6, 6.07) is 9.93. The number of hydrogen-bond donors (Lipinski definition) is 0. The molecule has 3 heterocycles. The van der Waals surface area contributed by atoms with Crippen LogP contribution in [0, 0.1) is 0 Å². The standard InChI is InChI=1S/C20H23N3O3/c1-22(17-3-5-19(21-14-17)23-7-10-25-11-8-23)20(24)13-15-2-4-18-16(12-15)6-9-26-18/h2-5,12,14H,6-11,13H2,1H3. The fourth-order valence-corrected chi connectivity index (χ4v) is 3.34. The van der Waals surface area contributed by atoms with E-state index < -0.39 is 0 Å². The van der Waals surface area contributed by atoms with Crippen molar-refractivity contribution >= 4 is 17.4 Å². The molecule has 1 aromatic heterocycles. The molecule has 0 atom stereocenters. The van der Waals surface area contributed by atoms with E-state index in [0.29, 0.717) is 6.42 Å². The molecule has 136 valence electrons. The van der Waals surface area contributed by atoms with Gasteiger partial charge in [-0.1, -0.05) is 12.1 Å². The van der Waals surface area contributed by atoms with Crippen molar-refractivity contribution in [2.45, 2.75) is 12.8 Å². The van der Waals surface area contributed by atoms with Crippen LogP contribution in [-0.2, 0) is 22.4 Å². The van der Waals surface area contributed by atoms with Gasteiger partial charge in [0.2, 0.25) is 5.91 Å². The van der Waals surface area contributed by atoms with Crippen molar-refractivity contribution in [1.29, 1.82) is 0 Å². The van der Waals surface area contributed by atoms with Crippen LogP contribution in [0.15, 0.2) is 36.5 Å². The zero-order valence-corrected chi connectivity index (χ0v) is 15.0. The molecule has 0 N–H and O–H groups in total. The van der Waals surface area contributed by atoms with Crippen LogP contribution < -0.4 is 14.5 Å². The maximum absolute atomic E-state index is 12.6. The lowest BCUT2D eigenvalue weighted by atomic mass is 10.1. The van der Waals surface area contributed by atoms with Crippen LogP contribution in [0.5, 0.6) is 5.75 Å². The molecule has 1 saturated heterocycles. The van der Waals surface area contributed by atoms with Crippen LogP contribution in [0.25, 0.3) is 0 Å². The number of pyridine rings is 1. The van der Waals surface area contributed by atoms with E-state index in [1.807, 2.05) is 24.3 Å². The summed E-state index contributed by atoms with van der Waals surface area (Å²) in [5.74, 6) is 1.92. The number of morpholine rings is 1. The van der Waals surface area contributed by atoms with Crippen molar-refractivity contribution < 1.29 is 14.3 Å². The van der Waals surface area contributed by atoms with Gasteiger partial charge in [-0.3, -0.25) is 4.79 Å². The largest absolute Gasteiger partial charge is 0.493 e. The molecule has 0 spiro atoms. The van der Waals surface area contributed by atoms with E-state index in [1.165, 1.54) is 5.56 Å². The first-order valence-corrected chi connectivity index (χ1v) is 9.00. The van der Waals surface area contributed by atoms with Gasteiger partial charge in [-0.15, -0.1) is 0 Å². The predicted molar refractivity (Wildman–Crippen MR) is 100 cm³/mol. The summed E-state index contributed by atoms with van der Waals surface area (Å²) in [5, 5.41) is 0. The SMILES string of the molecule is CN(C(=O)Cc1ccc2c(c1)CCO2)c1ccc(N2CCOCC2)nc1. The molecule has 26 heavy (non-hydrogen) atoms. The second-order valence-electron chi connectivity index (χ2n) is 6.64. The number of carbonyl (C=O) groups excluding carboxylic acids is 1. The Labute approximate surface area is 153 Å². The summed E-state index contributed by atoms with van der Waals surface area (Å²) < 4.78 is 10.9. The van der Waals surface area contributed by atoms with E-state index in [0.717, 1.165) is 62.1 Å². The topological polar surface area (TPSA) is 54.9 Å². The summed E-state index contributed by atoms with van der Waals surface area (Å²) in [6.45, 7) is 3.89. The Morgan fingerprint density at radius 1 is 1.19 bits per heavy atom. The zero-order chi connectivity index (χ0) is 17.9. The first-order valence-electron chi connectivity index (χ1n) is 9.00. The minimum Gasteiger partial charge on any atom is -0.493 e. The van der Waals surface area contributed by atoms with Crippen LogP contribution in [0.1, 0.15) is 11.1 Å². The summed E-state index contributed by atoms with van der Waals surface area (Å²) in [7, 11) is 1.80. The first kappa shape index (κ1) is 16.8. The Kier molecular flexibility index (Phi) is 4.75. The monoisotopic (exact) mass is 353 g/mol. The second kappa shape index (κ2) is 7.33. The van der Waals surface area contributed by atoms with Gasteiger partial charge < -0.3 is 19.3 Å². The maximum atomic E-state index is 12.6. The minimum atomic E-state index is 0.0461. The predicted octanol–water partition coefficient (Wildman–Crippen LogP) is 2.06. The van der Waals surface area contributed by atoms with Crippen molar-refractivity contribution in [1.82, 2.24) is 4.98 Å². The minimum absolute atomic E-state index is 0.0461. The third-order valence-corrected chi connectivity index (χ3v) is 4.94. The van der Waals surface area contributed by atoms with Crippen molar-refractivity contribution in [3.8, 4) is 5.75 Å². The van der Waals surface area contributed by atoms with Gasteiger partial charge in [0.15, 0.2) is 0 Å². The molecule has 6 heteroatoms. The number of carbonyl (C=O) groups is 1. The number of benzene rings is 1. The second-order valence-corrected chi connectivity index (χ2v) is 6.64. The number of likely N-dealkylation sites (N-methyl/N-ethyl adjacent to an activating group) is 1. The highest BCUT2D eigenvalue weighted by molar-refractivity contribution is 5.94. The maximum Gasteiger partial charge on any atom is 0.231 e. The van der Waals surface area contributed by atoms with Gasteiger partial charge >= 0.3 is 0 Å². The van der Waals surface area contributed by atoms with Gasteiger partial charge in [0.25, 0.3) is 0 Å². The number of anilines is 2. The highest BCUT2D eigenvalue weighted by Gasteiger charge is 2.17. The summed E-state index contributed by atoms with van der Waals surface area (Å²) in [6.07, 6.45) is 3.05. The molecule has 0 saturated carbocycles. The molecule has 0 bridgehead atoms. The molecule has 4 rings (SSSR count). The number of rotatable bonds is 4. The van der Waals surface area contributed by atoms with Gasteiger partial charge in [-0.2, -0.15) is 0 Å². The number of aromatic nitrogens is 1. The van der Waals surface area contributed by atoms with Crippen LogP contribution in [0.3, 0.4) is 0 Å². The quantitative estimate of drug-likeness (QED) is 0.842. The van der Waals surface area contributed by atoms with Gasteiger partial charge in [0, 0.05) is 26.6 Å². The van der Waals surface area contributed by atoms with E-state index in [1.54, 1.807) is 18.1 Å². The molecule has 2 aliphatic rings. The molecule has 1 fully saturated rings. The van der Waals surface area contributed by atoms with E-state index >= 15 is 0 Å². The molecular formula is C20H23N3O3. The lowest BCUT2D eigenvalue weighted by molar-refractivity contribution is -0.117. The number of fused-ring (bicyclic) bond motifs is 1. The Hall–Kier alpha value is -2.60. The molecule has 0 radical (unpaired) electrons. The van der Waals surface area contributed by atoms with Crippen LogP contribution >= 0.6 is 0 Å². The fourth-order valence-electron chi connectivity index (χ4n) is 3.34. The number of amides is 1. The summed E-state index contributed by atoms with van der Waals surface area (Å²) in [4.78, 5) is 21.0. The van der Waals surface area contributed by atoms with Crippen LogP contribution in [0.4, 0.5) is 11.5 Å². The first-order chi connectivity index (χ1) is 12.7. The molecule has 1 aromatic carbocycles. The van der Waals surface area contributed by atoms with Crippen molar-refractivity contribution in [2.75, 3.05) is 49.8 Å². The van der Waals surface area contributed by atoms with Crippen LogP contribution in [0.2, 0.25) is 0 Å². The molecule has 2 aliphatic heterocycles. The third-order valence-electron chi connectivity index (χ3n) is 4.94. The van der Waals surface area contributed by atoms with Gasteiger partial charge in [-0.25, -0.2) is 4.98 Å². The van der Waals surface area contributed by atoms with E-state index in [9.17, 15) is 4.79 Å². The lowest BCUT2D eigenvalue weighted by Gasteiger charge is -2.28. The van der Waals surface area contributed by atoms with Crippen molar-refractivity contribution in [3.05, 3.63) is 47.7 Å². The molecule has 0 aliphatic carbocycles. The molecule has 2 aromatic rings. The zero-order valence-electron chi connectivity index (χ0n) is 15.0. The Morgan fingerprint density at radius 3 is 2.81 bits per heavy atom. The van der Waals surface area contributed by atoms with Crippen molar-refractivity contribution in [2.24, 2.45) is 0 Å². The normalized spacial score (nSPS) is 16.1. The van der Waals surface area contributed by atoms with Crippen LogP contribution in [-0.4, -0.2) is 50.8 Å².